The summed E-state index contributed by atoms with van der Waals surface area (Å²) in [5.41, 5.74) is 2.43. The van der Waals surface area contributed by atoms with Crippen LogP contribution in [0.3, 0.4) is 0 Å². The van der Waals surface area contributed by atoms with Crippen LogP contribution in [0.25, 0.3) is 0 Å². The Balaban J connectivity index is 1.55. The van der Waals surface area contributed by atoms with Crippen LogP contribution in [0.5, 0.6) is 5.75 Å². The van der Waals surface area contributed by atoms with Crippen molar-refractivity contribution in [3.05, 3.63) is 64.4 Å². The average molecular weight is 372 g/mol. The first-order valence-corrected chi connectivity index (χ1v) is 8.68. The number of urea groups is 1. The molecular weight excluding hydrogens is 355 g/mol. The number of ether oxygens (including phenoxy) is 1. The molecule has 0 saturated heterocycles. The Kier molecular flexibility index (Phi) is 5.43. The Morgan fingerprint density at radius 3 is 2.69 bits per heavy atom. The first-order valence-electron chi connectivity index (χ1n) is 7.86. The number of halogens is 1. The largest absolute Gasteiger partial charge is 0.486 e. The maximum absolute atomic E-state index is 13.5. The molecule has 0 atom stereocenters. The summed E-state index contributed by atoms with van der Waals surface area (Å²) in [5.74, 6) is 0.234. The molecule has 0 aliphatic heterocycles. The zero-order valence-electron chi connectivity index (χ0n) is 14.2. The average Bonchev–Trinajstić information content (AvgIpc) is 3.05. The highest BCUT2D eigenvalue weighted by Crippen LogP contribution is 2.21. The van der Waals surface area contributed by atoms with E-state index >= 15 is 0 Å². The van der Waals surface area contributed by atoms with Crippen molar-refractivity contribution in [2.75, 3.05) is 10.6 Å². The van der Waals surface area contributed by atoms with Gasteiger partial charge in [0.2, 0.25) is 5.13 Å². The van der Waals surface area contributed by atoms with Crippen LogP contribution in [-0.4, -0.2) is 16.2 Å². The Hall–Kier alpha value is -3.00. The van der Waals surface area contributed by atoms with Crippen molar-refractivity contribution in [1.82, 2.24) is 10.2 Å². The summed E-state index contributed by atoms with van der Waals surface area (Å²) in [5, 5.41) is 13.7. The first kappa shape index (κ1) is 17.8. The number of para-hydroxylation sites is 1. The minimum Gasteiger partial charge on any atom is -0.486 e. The van der Waals surface area contributed by atoms with E-state index in [2.05, 4.69) is 20.8 Å². The lowest BCUT2D eigenvalue weighted by Crippen LogP contribution is -2.19. The molecule has 2 amide bonds. The van der Waals surface area contributed by atoms with Crippen molar-refractivity contribution in [3.63, 3.8) is 0 Å². The number of aromatic nitrogens is 2. The van der Waals surface area contributed by atoms with Crippen LogP contribution >= 0.6 is 11.3 Å². The second kappa shape index (κ2) is 7.92. The molecule has 0 bridgehead atoms. The fraction of sp³-hybridized carbons (Fsp3) is 0.167. The Bertz CT molecular complexity index is 929. The molecule has 0 fully saturated rings. The van der Waals surface area contributed by atoms with Crippen LogP contribution in [0.4, 0.5) is 20.0 Å². The lowest BCUT2D eigenvalue weighted by molar-refractivity contribution is 0.262. The normalized spacial score (nSPS) is 10.4. The molecule has 0 aliphatic carbocycles. The van der Waals surface area contributed by atoms with Gasteiger partial charge in [0.25, 0.3) is 0 Å². The summed E-state index contributed by atoms with van der Waals surface area (Å²) in [4.78, 5) is 11.9. The van der Waals surface area contributed by atoms with Gasteiger partial charge in [-0.05, 0) is 49.2 Å². The van der Waals surface area contributed by atoms with Gasteiger partial charge in [0, 0.05) is 0 Å². The van der Waals surface area contributed by atoms with Gasteiger partial charge >= 0.3 is 6.03 Å². The van der Waals surface area contributed by atoms with Crippen molar-refractivity contribution >= 4 is 28.2 Å². The SMILES string of the molecule is Cc1ccc(OCc2nnc(NC(=O)Nc3ccccc3F)s2)cc1C. The molecule has 0 radical (unpaired) electrons. The third kappa shape index (κ3) is 4.54. The maximum atomic E-state index is 13.5. The summed E-state index contributed by atoms with van der Waals surface area (Å²) in [6, 6.07) is 11.2. The van der Waals surface area contributed by atoms with E-state index in [1.54, 1.807) is 12.1 Å². The van der Waals surface area contributed by atoms with Gasteiger partial charge in [-0.25, -0.2) is 9.18 Å². The second-order valence-corrected chi connectivity index (χ2v) is 6.66. The van der Waals surface area contributed by atoms with Crippen LogP contribution in [0.2, 0.25) is 0 Å². The van der Waals surface area contributed by atoms with E-state index < -0.39 is 11.8 Å². The molecule has 0 aliphatic rings. The molecule has 0 spiro atoms. The highest BCUT2D eigenvalue weighted by molar-refractivity contribution is 7.15. The summed E-state index contributed by atoms with van der Waals surface area (Å²) < 4.78 is 19.2. The minimum absolute atomic E-state index is 0.0906. The molecule has 0 unspecified atom stereocenters. The fourth-order valence-corrected chi connectivity index (χ4v) is 2.77. The standard InChI is InChI=1S/C18H17FN4O2S/c1-11-7-8-13(9-12(11)2)25-10-16-22-23-18(26-16)21-17(24)20-15-6-4-3-5-14(15)19/h3-9H,10H2,1-2H3,(H2,20,21,23,24). The molecule has 1 aromatic heterocycles. The summed E-state index contributed by atoms with van der Waals surface area (Å²) in [6.45, 7) is 4.30. The number of rotatable bonds is 5. The van der Waals surface area contributed by atoms with E-state index in [1.807, 2.05) is 32.0 Å². The third-order valence-electron chi connectivity index (χ3n) is 3.65. The minimum atomic E-state index is -0.590. The highest BCUT2D eigenvalue weighted by Gasteiger charge is 2.10. The van der Waals surface area contributed by atoms with Crippen molar-refractivity contribution < 1.29 is 13.9 Å². The van der Waals surface area contributed by atoms with E-state index in [0.29, 0.717) is 10.1 Å². The Morgan fingerprint density at radius 1 is 1.12 bits per heavy atom. The molecule has 8 heteroatoms. The van der Waals surface area contributed by atoms with Crippen LogP contribution in [-0.2, 0) is 6.61 Å². The van der Waals surface area contributed by atoms with E-state index in [-0.39, 0.29) is 12.3 Å². The molecule has 2 N–H and O–H groups in total. The molecule has 3 aromatic rings. The molecule has 1 heterocycles. The smallest absolute Gasteiger partial charge is 0.325 e. The van der Waals surface area contributed by atoms with Crippen molar-refractivity contribution in [3.8, 4) is 5.75 Å². The number of hydrogen-bond acceptors (Lipinski definition) is 5. The number of nitrogens with zero attached hydrogens (tertiary/aromatic N) is 2. The zero-order chi connectivity index (χ0) is 18.5. The van der Waals surface area contributed by atoms with Gasteiger partial charge in [0.05, 0.1) is 5.69 Å². The van der Waals surface area contributed by atoms with E-state index in [1.165, 1.54) is 29.0 Å². The number of aryl methyl sites for hydroxylation is 2. The number of carbonyl (C=O) groups is 1. The van der Waals surface area contributed by atoms with E-state index in [0.717, 1.165) is 11.3 Å². The highest BCUT2D eigenvalue weighted by atomic mass is 32.1. The van der Waals surface area contributed by atoms with Crippen LogP contribution < -0.4 is 15.4 Å². The zero-order valence-corrected chi connectivity index (χ0v) is 15.1. The van der Waals surface area contributed by atoms with Crippen LogP contribution in [0, 0.1) is 19.7 Å². The van der Waals surface area contributed by atoms with Gasteiger partial charge in [-0.15, -0.1) is 10.2 Å². The summed E-state index contributed by atoms with van der Waals surface area (Å²) in [7, 11) is 0. The van der Waals surface area contributed by atoms with E-state index in [4.69, 9.17) is 4.74 Å². The predicted molar refractivity (Wildman–Crippen MR) is 99.2 cm³/mol. The maximum Gasteiger partial charge on any atom is 0.325 e. The monoisotopic (exact) mass is 372 g/mol. The summed E-state index contributed by atoms with van der Waals surface area (Å²) in [6.07, 6.45) is 0. The van der Waals surface area contributed by atoms with Gasteiger partial charge in [0.1, 0.15) is 18.2 Å². The van der Waals surface area contributed by atoms with Crippen molar-refractivity contribution in [1.29, 1.82) is 0 Å². The molecule has 3 rings (SSSR count). The van der Waals surface area contributed by atoms with Crippen molar-refractivity contribution in [2.45, 2.75) is 20.5 Å². The number of amides is 2. The van der Waals surface area contributed by atoms with Gasteiger partial charge in [0.15, 0.2) is 5.01 Å². The van der Waals surface area contributed by atoms with Gasteiger partial charge < -0.3 is 10.1 Å². The molecule has 0 saturated carbocycles. The fourth-order valence-electron chi connectivity index (χ4n) is 2.12. The predicted octanol–water partition coefficient (Wildman–Crippen LogP) is 4.52. The molecule has 6 nitrogen and oxygen atoms in total. The topological polar surface area (TPSA) is 76.1 Å². The Labute approximate surface area is 154 Å². The molecular formula is C18H17FN4O2S. The van der Waals surface area contributed by atoms with Crippen LogP contribution in [0.15, 0.2) is 42.5 Å². The third-order valence-corrected chi connectivity index (χ3v) is 4.46. The second-order valence-electron chi connectivity index (χ2n) is 5.59. The van der Waals surface area contributed by atoms with Gasteiger partial charge in [-0.2, -0.15) is 0 Å². The van der Waals surface area contributed by atoms with Crippen molar-refractivity contribution in [2.24, 2.45) is 0 Å². The molecule has 2 aromatic carbocycles. The molecule has 26 heavy (non-hydrogen) atoms. The number of hydrogen-bond donors (Lipinski definition) is 2. The lowest BCUT2D eigenvalue weighted by Gasteiger charge is -2.06. The van der Waals surface area contributed by atoms with Crippen LogP contribution in [0.1, 0.15) is 16.1 Å². The quantitative estimate of drug-likeness (QED) is 0.690. The molecule has 134 valence electrons. The number of carbonyl (C=O) groups excluding carboxylic acids is 1. The number of anilines is 2. The Morgan fingerprint density at radius 2 is 1.92 bits per heavy atom. The lowest BCUT2D eigenvalue weighted by atomic mass is 10.1. The first-order chi connectivity index (χ1) is 12.5. The van der Waals surface area contributed by atoms with Gasteiger partial charge in [-0.3, -0.25) is 5.32 Å². The van der Waals surface area contributed by atoms with Gasteiger partial charge in [-0.1, -0.05) is 29.5 Å². The summed E-state index contributed by atoms with van der Waals surface area (Å²) >= 11 is 1.19. The van der Waals surface area contributed by atoms with E-state index in [9.17, 15) is 9.18 Å². The number of nitrogens with one attached hydrogen (secondary N) is 2. The number of benzene rings is 2.